The quantitative estimate of drug-likeness (QED) is 0.277. The zero-order chi connectivity index (χ0) is 19.5. The van der Waals surface area contributed by atoms with Crippen LogP contribution in [-0.4, -0.2) is 25.0 Å². The third kappa shape index (κ3) is 7.35. The summed E-state index contributed by atoms with van der Waals surface area (Å²) >= 11 is 0. The lowest BCUT2D eigenvalue weighted by atomic mass is 10.0. The Bertz CT molecular complexity index is 669. The van der Waals surface area contributed by atoms with Gasteiger partial charge in [0, 0.05) is 0 Å². The van der Waals surface area contributed by atoms with Crippen molar-refractivity contribution in [3.05, 3.63) is 59.7 Å². The van der Waals surface area contributed by atoms with Gasteiger partial charge in [0.05, 0.1) is 26.1 Å². The van der Waals surface area contributed by atoms with Gasteiger partial charge in [-0.1, -0.05) is 24.3 Å². The number of amides is 2. The van der Waals surface area contributed by atoms with Crippen molar-refractivity contribution in [2.24, 2.45) is 11.7 Å². The normalized spacial score (nSPS) is 10.1. The molecule has 0 bridgehead atoms. The van der Waals surface area contributed by atoms with E-state index in [-0.39, 0.29) is 37.9 Å². The van der Waals surface area contributed by atoms with Crippen LogP contribution in [0.5, 0.6) is 11.5 Å². The smallest absolute Gasteiger partial charge is 0.237 e. The molecule has 0 aromatic heterocycles. The number of ether oxygens (including phenoxy) is 2. The summed E-state index contributed by atoms with van der Waals surface area (Å²) in [6, 6.07) is 15.4. The van der Waals surface area contributed by atoms with Crippen molar-refractivity contribution in [2.75, 3.05) is 13.2 Å². The van der Waals surface area contributed by atoms with Crippen LogP contribution < -0.4 is 32.0 Å². The molecule has 8 nitrogen and oxygen atoms in total. The summed E-state index contributed by atoms with van der Waals surface area (Å²) in [7, 11) is 0. The summed E-state index contributed by atoms with van der Waals surface area (Å²) in [5.74, 6) is 10.9. The molecule has 2 aromatic carbocycles. The monoisotopic (exact) mass is 372 g/mol. The van der Waals surface area contributed by atoms with Crippen LogP contribution in [0, 0.1) is 0 Å². The van der Waals surface area contributed by atoms with E-state index in [0.29, 0.717) is 11.5 Å². The van der Waals surface area contributed by atoms with Crippen molar-refractivity contribution in [2.45, 2.75) is 19.3 Å². The lowest BCUT2D eigenvalue weighted by Crippen LogP contribution is -2.31. The molecule has 0 radical (unpaired) electrons. The van der Waals surface area contributed by atoms with Gasteiger partial charge in [0.1, 0.15) is 11.5 Å². The van der Waals surface area contributed by atoms with E-state index in [1.165, 1.54) is 0 Å². The van der Waals surface area contributed by atoms with Gasteiger partial charge in [-0.3, -0.25) is 20.4 Å². The third-order valence-corrected chi connectivity index (χ3v) is 3.77. The number of benzene rings is 2. The number of rotatable bonds is 10. The van der Waals surface area contributed by atoms with Gasteiger partial charge in [0.15, 0.2) is 0 Å². The number of nitrogens with two attached hydrogens (primary N) is 2. The molecule has 144 valence electrons. The zero-order valence-corrected chi connectivity index (χ0v) is 14.9. The van der Waals surface area contributed by atoms with Crippen LogP contribution in [0.1, 0.15) is 24.0 Å². The minimum atomic E-state index is -0.262. The van der Waals surface area contributed by atoms with E-state index in [9.17, 15) is 9.59 Å². The van der Waals surface area contributed by atoms with Gasteiger partial charge in [0.2, 0.25) is 11.8 Å². The van der Waals surface area contributed by atoms with Gasteiger partial charge in [-0.15, -0.1) is 0 Å². The summed E-state index contributed by atoms with van der Waals surface area (Å²) in [6.45, 7) is 0.549. The minimum absolute atomic E-state index is 0.212. The van der Waals surface area contributed by atoms with E-state index in [1.807, 2.05) is 48.5 Å². The summed E-state index contributed by atoms with van der Waals surface area (Å²) in [5.41, 5.74) is 6.39. The SMILES string of the molecule is NNC(=O)CCOc1ccc(Cc2ccc(OCCC(=O)NN)cc2)cc1. The Hall–Kier alpha value is -3.10. The molecule has 0 saturated heterocycles. The maximum Gasteiger partial charge on any atom is 0.237 e. The lowest BCUT2D eigenvalue weighted by Gasteiger charge is -2.08. The average Bonchev–Trinajstić information content (AvgIpc) is 2.70. The Kier molecular flexibility index (Phi) is 8.08. The first-order valence-corrected chi connectivity index (χ1v) is 8.53. The molecule has 2 amide bonds. The molecule has 27 heavy (non-hydrogen) atoms. The van der Waals surface area contributed by atoms with Gasteiger partial charge >= 0.3 is 0 Å². The molecule has 0 aliphatic carbocycles. The van der Waals surface area contributed by atoms with Crippen LogP contribution in [0.4, 0.5) is 0 Å². The second-order valence-corrected chi connectivity index (χ2v) is 5.80. The van der Waals surface area contributed by atoms with Crippen molar-refractivity contribution < 1.29 is 19.1 Å². The van der Waals surface area contributed by atoms with Crippen LogP contribution in [0.25, 0.3) is 0 Å². The molecule has 0 aliphatic rings. The molecule has 2 aromatic rings. The standard InChI is InChI=1S/C19H24N4O4/c20-22-18(24)9-11-26-16-5-1-14(2-6-16)13-15-3-7-17(8-4-15)27-12-10-19(25)23-21/h1-8H,9-13,20-21H2,(H,22,24)(H,23,25). The van der Waals surface area contributed by atoms with Crippen LogP contribution in [0.3, 0.4) is 0 Å². The van der Waals surface area contributed by atoms with E-state index >= 15 is 0 Å². The molecule has 0 spiro atoms. The number of carbonyl (C=O) groups excluding carboxylic acids is 2. The van der Waals surface area contributed by atoms with Crippen LogP contribution in [0.2, 0.25) is 0 Å². The fourth-order valence-corrected chi connectivity index (χ4v) is 2.31. The van der Waals surface area contributed by atoms with Crippen molar-refractivity contribution in [3.63, 3.8) is 0 Å². The van der Waals surface area contributed by atoms with Gasteiger partial charge in [0.25, 0.3) is 0 Å². The highest BCUT2D eigenvalue weighted by atomic mass is 16.5. The average molecular weight is 372 g/mol. The van der Waals surface area contributed by atoms with Gasteiger partial charge < -0.3 is 9.47 Å². The molecule has 0 atom stereocenters. The Balaban J connectivity index is 1.79. The molecule has 0 saturated carbocycles. The number of hydrazine groups is 2. The van der Waals surface area contributed by atoms with Crippen LogP contribution in [-0.2, 0) is 16.0 Å². The number of hydrogen-bond acceptors (Lipinski definition) is 6. The lowest BCUT2D eigenvalue weighted by molar-refractivity contribution is -0.122. The van der Waals surface area contributed by atoms with Crippen molar-refractivity contribution in [1.82, 2.24) is 10.9 Å². The Labute approximate surface area is 157 Å². The molecular formula is C19H24N4O4. The maximum atomic E-state index is 11.0. The summed E-state index contributed by atoms with van der Waals surface area (Å²) < 4.78 is 11.0. The number of hydrogen-bond donors (Lipinski definition) is 4. The van der Waals surface area contributed by atoms with E-state index in [0.717, 1.165) is 17.5 Å². The van der Waals surface area contributed by atoms with E-state index in [4.69, 9.17) is 21.2 Å². The number of nitrogens with one attached hydrogen (secondary N) is 2. The molecule has 8 heteroatoms. The van der Waals surface area contributed by atoms with Gasteiger partial charge in [-0.25, -0.2) is 11.7 Å². The molecule has 0 aliphatic heterocycles. The first-order chi connectivity index (χ1) is 13.1. The highest BCUT2D eigenvalue weighted by Crippen LogP contribution is 2.18. The van der Waals surface area contributed by atoms with Crippen molar-refractivity contribution in [3.8, 4) is 11.5 Å². The second-order valence-electron chi connectivity index (χ2n) is 5.80. The zero-order valence-electron chi connectivity index (χ0n) is 14.9. The van der Waals surface area contributed by atoms with Gasteiger partial charge in [-0.05, 0) is 41.8 Å². The predicted molar refractivity (Wildman–Crippen MR) is 101 cm³/mol. The summed E-state index contributed by atoms with van der Waals surface area (Å²) in [5, 5.41) is 0. The van der Waals surface area contributed by atoms with E-state index in [1.54, 1.807) is 0 Å². The third-order valence-electron chi connectivity index (χ3n) is 3.77. The maximum absolute atomic E-state index is 11.0. The van der Waals surface area contributed by atoms with Gasteiger partial charge in [-0.2, -0.15) is 0 Å². The Morgan fingerprint density at radius 2 is 1.07 bits per heavy atom. The number of carbonyl (C=O) groups is 2. The first kappa shape index (κ1) is 20.2. The van der Waals surface area contributed by atoms with Crippen molar-refractivity contribution in [1.29, 1.82) is 0 Å². The minimum Gasteiger partial charge on any atom is -0.493 e. The highest BCUT2D eigenvalue weighted by Gasteiger charge is 2.02. The topological polar surface area (TPSA) is 129 Å². The van der Waals surface area contributed by atoms with Crippen molar-refractivity contribution >= 4 is 11.8 Å². The second kappa shape index (κ2) is 10.8. The Morgan fingerprint density at radius 3 is 1.41 bits per heavy atom. The largest absolute Gasteiger partial charge is 0.493 e. The summed E-state index contributed by atoms with van der Waals surface area (Å²) in [6.07, 6.45) is 1.19. The highest BCUT2D eigenvalue weighted by molar-refractivity contribution is 5.75. The Morgan fingerprint density at radius 1 is 0.704 bits per heavy atom. The molecule has 0 heterocycles. The van der Waals surface area contributed by atoms with Crippen LogP contribution in [0.15, 0.2) is 48.5 Å². The summed E-state index contributed by atoms with van der Waals surface area (Å²) in [4.78, 5) is 22.1. The van der Waals surface area contributed by atoms with E-state index in [2.05, 4.69) is 10.9 Å². The van der Waals surface area contributed by atoms with E-state index < -0.39 is 0 Å². The molecule has 2 rings (SSSR count). The first-order valence-electron chi connectivity index (χ1n) is 8.53. The molecule has 6 N–H and O–H groups in total. The van der Waals surface area contributed by atoms with Crippen LogP contribution >= 0.6 is 0 Å². The fourth-order valence-electron chi connectivity index (χ4n) is 2.31. The molecular weight excluding hydrogens is 348 g/mol. The predicted octanol–water partition coefficient (Wildman–Crippen LogP) is 0.795. The fraction of sp³-hybridized carbons (Fsp3) is 0.263. The molecule has 0 unspecified atom stereocenters. The molecule has 0 fully saturated rings.